The molecule has 3 N–H and O–H groups in total. The summed E-state index contributed by atoms with van der Waals surface area (Å²) in [6, 6.07) is 3.61. The lowest BCUT2D eigenvalue weighted by molar-refractivity contribution is -0.128. The number of nitrogens with one attached hydrogen (secondary N) is 1. The van der Waals surface area contributed by atoms with Crippen LogP contribution < -0.4 is 21.4 Å². The summed E-state index contributed by atoms with van der Waals surface area (Å²) in [5, 5.41) is 4.12. The molecule has 7 heteroatoms. The lowest BCUT2D eigenvalue weighted by atomic mass is 9.92. The molecule has 1 saturated carbocycles. The smallest absolute Gasteiger partial charge is 0.339 e. The van der Waals surface area contributed by atoms with Crippen LogP contribution in [-0.2, 0) is 4.79 Å². The number of ether oxygens (including phenoxy) is 1. The van der Waals surface area contributed by atoms with E-state index >= 15 is 0 Å². The topological polar surface area (TPSA) is 94.6 Å². The maximum absolute atomic E-state index is 12.4. The molecule has 0 spiro atoms. The summed E-state index contributed by atoms with van der Waals surface area (Å²) >= 11 is 6.33. The van der Waals surface area contributed by atoms with Gasteiger partial charge in [0.15, 0.2) is 6.10 Å². The molecule has 27 heavy (non-hydrogen) atoms. The Balaban J connectivity index is 1.75. The third kappa shape index (κ3) is 4.28. The Hall–Kier alpha value is -2.05. The van der Waals surface area contributed by atoms with E-state index in [1.54, 1.807) is 26.0 Å². The lowest BCUT2D eigenvalue weighted by Crippen LogP contribution is -2.45. The molecule has 1 atom stereocenters. The molecule has 2 aromatic rings. The molecule has 146 valence electrons. The monoisotopic (exact) mass is 392 g/mol. The molecule has 1 heterocycles. The lowest BCUT2D eigenvalue weighted by Gasteiger charge is -2.28. The summed E-state index contributed by atoms with van der Waals surface area (Å²) in [6.45, 7) is 5.22. The van der Waals surface area contributed by atoms with E-state index in [1.165, 1.54) is 0 Å². The number of amides is 1. The Kier molecular flexibility index (Phi) is 5.77. The molecule has 1 aromatic heterocycles. The fourth-order valence-electron chi connectivity index (χ4n) is 3.36. The molecule has 0 bridgehead atoms. The third-order valence-corrected chi connectivity index (χ3v) is 5.60. The Bertz CT molecular complexity index is 916. The van der Waals surface area contributed by atoms with E-state index in [4.69, 9.17) is 26.5 Å². The van der Waals surface area contributed by atoms with Gasteiger partial charge in [0.1, 0.15) is 11.3 Å². The van der Waals surface area contributed by atoms with Gasteiger partial charge in [-0.25, -0.2) is 4.79 Å². The van der Waals surface area contributed by atoms with Crippen LogP contribution in [-0.4, -0.2) is 24.1 Å². The second kappa shape index (κ2) is 7.90. The minimum absolute atomic E-state index is 0.124. The van der Waals surface area contributed by atoms with Crippen molar-refractivity contribution >= 4 is 28.5 Å². The number of rotatable bonds is 4. The number of fused-ring (bicyclic) bond motifs is 1. The van der Waals surface area contributed by atoms with Gasteiger partial charge >= 0.3 is 5.63 Å². The van der Waals surface area contributed by atoms with Gasteiger partial charge in [0.25, 0.3) is 5.91 Å². The number of carbonyl (C=O) groups is 1. The van der Waals surface area contributed by atoms with Crippen molar-refractivity contribution < 1.29 is 13.9 Å². The van der Waals surface area contributed by atoms with Gasteiger partial charge < -0.3 is 20.2 Å². The second-order valence-corrected chi connectivity index (χ2v) is 7.71. The van der Waals surface area contributed by atoms with Crippen LogP contribution in [0, 0.1) is 13.8 Å². The average molecular weight is 393 g/mol. The highest BCUT2D eigenvalue weighted by Gasteiger charge is 2.24. The molecule has 3 rings (SSSR count). The summed E-state index contributed by atoms with van der Waals surface area (Å²) in [6.07, 6.45) is 2.84. The Morgan fingerprint density at radius 1 is 1.26 bits per heavy atom. The Morgan fingerprint density at radius 2 is 1.93 bits per heavy atom. The van der Waals surface area contributed by atoms with Crippen LogP contribution in [0.2, 0.25) is 5.02 Å². The van der Waals surface area contributed by atoms with Crippen LogP contribution in [0.25, 0.3) is 11.0 Å². The molecule has 1 amide bonds. The van der Waals surface area contributed by atoms with Gasteiger partial charge in [0.05, 0.1) is 5.02 Å². The molecular formula is C20H25ClN2O4. The van der Waals surface area contributed by atoms with Crippen LogP contribution in [0.3, 0.4) is 0 Å². The Morgan fingerprint density at radius 3 is 2.59 bits per heavy atom. The largest absolute Gasteiger partial charge is 0.479 e. The van der Waals surface area contributed by atoms with E-state index in [0.29, 0.717) is 21.9 Å². The van der Waals surface area contributed by atoms with E-state index in [-0.39, 0.29) is 18.0 Å². The first-order chi connectivity index (χ1) is 12.8. The van der Waals surface area contributed by atoms with Gasteiger partial charge in [0, 0.05) is 29.1 Å². The number of carbonyl (C=O) groups excluding carboxylic acids is 1. The van der Waals surface area contributed by atoms with Crippen LogP contribution in [0.1, 0.15) is 43.7 Å². The third-order valence-electron chi connectivity index (χ3n) is 5.30. The predicted molar refractivity (Wildman–Crippen MR) is 105 cm³/mol. The van der Waals surface area contributed by atoms with Crippen molar-refractivity contribution in [2.45, 2.75) is 64.6 Å². The number of hydrogen-bond donors (Lipinski definition) is 2. The maximum atomic E-state index is 12.4. The summed E-state index contributed by atoms with van der Waals surface area (Å²) < 4.78 is 11.1. The van der Waals surface area contributed by atoms with Crippen molar-refractivity contribution in [2.75, 3.05) is 0 Å². The molecule has 0 saturated heterocycles. The first kappa shape index (κ1) is 19.7. The van der Waals surface area contributed by atoms with Crippen LogP contribution in [0.5, 0.6) is 5.75 Å². The van der Waals surface area contributed by atoms with Gasteiger partial charge in [-0.05, 0) is 58.1 Å². The maximum Gasteiger partial charge on any atom is 0.339 e. The molecule has 1 fully saturated rings. The number of aryl methyl sites for hydroxylation is 1. The van der Waals surface area contributed by atoms with Crippen molar-refractivity contribution in [2.24, 2.45) is 5.73 Å². The zero-order valence-electron chi connectivity index (χ0n) is 15.8. The zero-order chi connectivity index (χ0) is 19.7. The fraction of sp³-hybridized carbons (Fsp3) is 0.500. The molecule has 1 aliphatic carbocycles. The number of hydrogen-bond acceptors (Lipinski definition) is 5. The van der Waals surface area contributed by atoms with Crippen molar-refractivity contribution in [3.63, 3.8) is 0 Å². The number of nitrogens with two attached hydrogens (primary N) is 1. The standard InChI is InChI=1S/C20H25ClN2O4/c1-10-11(2)20(25)27-17-9-18(16(21)8-15(10)17)26-12(3)19(24)23-14-6-4-13(22)5-7-14/h8-9,12-14H,4-7,22H2,1-3H3,(H,23,24). The zero-order valence-corrected chi connectivity index (χ0v) is 16.6. The van der Waals surface area contributed by atoms with E-state index in [9.17, 15) is 9.59 Å². The molecule has 1 aliphatic rings. The van der Waals surface area contributed by atoms with Gasteiger partial charge in [-0.3, -0.25) is 4.79 Å². The minimum atomic E-state index is -0.728. The number of halogens is 1. The SMILES string of the molecule is Cc1c(C)c2cc(Cl)c(OC(C)C(=O)NC3CCC(N)CC3)cc2oc1=O. The Labute approximate surface area is 163 Å². The van der Waals surface area contributed by atoms with Crippen molar-refractivity contribution in [1.29, 1.82) is 0 Å². The predicted octanol–water partition coefficient (Wildman–Crippen LogP) is 3.22. The van der Waals surface area contributed by atoms with Crippen molar-refractivity contribution in [3.8, 4) is 5.75 Å². The van der Waals surface area contributed by atoms with E-state index < -0.39 is 11.7 Å². The van der Waals surface area contributed by atoms with Crippen LogP contribution in [0.15, 0.2) is 21.3 Å². The van der Waals surface area contributed by atoms with Gasteiger partial charge in [-0.1, -0.05) is 11.6 Å². The molecule has 1 aromatic carbocycles. The van der Waals surface area contributed by atoms with Gasteiger partial charge in [-0.2, -0.15) is 0 Å². The van der Waals surface area contributed by atoms with Crippen molar-refractivity contribution in [1.82, 2.24) is 5.32 Å². The molecule has 1 unspecified atom stereocenters. The molecule has 0 aliphatic heterocycles. The molecule has 0 radical (unpaired) electrons. The molecular weight excluding hydrogens is 368 g/mol. The van der Waals surface area contributed by atoms with Gasteiger partial charge in [-0.15, -0.1) is 0 Å². The van der Waals surface area contributed by atoms with Crippen molar-refractivity contribution in [3.05, 3.63) is 38.7 Å². The highest BCUT2D eigenvalue weighted by molar-refractivity contribution is 6.32. The van der Waals surface area contributed by atoms with Crippen LogP contribution in [0.4, 0.5) is 0 Å². The number of benzene rings is 1. The first-order valence-corrected chi connectivity index (χ1v) is 9.60. The quantitative estimate of drug-likeness (QED) is 0.779. The summed E-state index contributed by atoms with van der Waals surface area (Å²) in [7, 11) is 0. The van der Waals surface area contributed by atoms with E-state index in [2.05, 4.69) is 5.32 Å². The normalized spacial score (nSPS) is 21.1. The molecule has 6 nitrogen and oxygen atoms in total. The van der Waals surface area contributed by atoms with E-state index in [1.807, 2.05) is 6.92 Å². The summed E-state index contributed by atoms with van der Waals surface area (Å²) in [5.74, 6) is 0.108. The minimum Gasteiger partial charge on any atom is -0.479 e. The highest BCUT2D eigenvalue weighted by atomic mass is 35.5. The van der Waals surface area contributed by atoms with Gasteiger partial charge in [0.2, 0.25) is 0 Å². The van der Waals surface area contributed by atoms with Crippen LogP contribution >= 0.6 is 11.6 Å². The first-order valence-electron chi connectivity index (χ1n) is 9.22. The van der Waals surface area contributed by atoms with E-state index in [0.717, 1.165) is 36.6 Å². The fourth-order valence-corrected chi connectivity index (χ4v) is 3.57. The average Bonchev–Trinajstić information content (AvgIpc) is 2.63. The highest BCUT2D eigenvalue weighted by Crippen LogP contribution is 2.32. The second-order valence-electron chi connectivity index (χ2n) is 7.30. The summed E-state index contributed by atoms with van der Waals surface area (Å²) in [5.41, 5.74) is 7.25. The summed E-state index contributed by atoms with van der Waals surface area (Å²) in [4.78, 5) is 24.4.